The van der Waals surface area contributed by atoms with E-state index in [1.165, 1.54) is 23.3 Å². The number of nitrogens with one attached hydrogen (secondary N) is 2. The Morgan fingerprint density at radius 1 is 1.19 bits per heavy atom. The van der Waals surface area contributed by atoms with Gasteiger partial charge in [-0.2, -0.15) is 0 Å². The molecule has 0 aliphatic heterocycles. The summed E-state index contributed by atoms with van der Waals surface area (Å²) in [6.45, 7) is 2.76. The van der Waals surface area contributed by atoms with Gasteiger partial charge in [-0.15, -0.1) is 0 Å². The second kappa shape index (κ2) is 6.71. The Hall–Kier alpha value is -2.60. The first-order valence-electron chi connectivity index (χ1n) is 6.64. The Labute approximate surface area is 123 Å². The maximum absolute atomic E-state index is 10.9. The molecule has 2 rings (SSSR count). The van der Waals surface area contributed by atoms with Crippen LogP contribution < -0.4 is 16.6 Å². The van der Waals surface area contributed by atoms with Crippen LogP contribution in [0.25, 0.3) is 0 Å². The molecule has 0 aromatic heterocycles. The van der Waals surface area contributed by atoms with Crippen molar-refractivity contribution >= 4 is 17.1 Å². The second-order valence-corrected chi connectivity index (χ2v) is 4.77. The predicted octanol–water partition coefficient (Wildman–Crippen LogP) is 2.84. The number of hydrogen-bond acceptors (Lipinski definition) is 5. The zero-order valence-electron chi connectivity index (χ0n) is 11.8. The number of non-ortho nitro benzene ring substituents is 1. The number of benzene rings is 2. The minimum absolute atomic E-state index is 0.00356. The Morgan fingerprint density at radius 2 is 1.90 bits per heavy atom. The number of aryl methyl sites for hydroxylation is 1. The van der Waals surface area contributed by atoms with E-state index in [-0.39, 0.29) is 5.69 Å². The van der Waals surface area contributed by atoms with Gasteiger partial charge in [0, 0.05) is 24.4 Å². The summed E-state index contributed by atoms with van der Waals surface area (Å²) in [5, 5.41) is 14.1. The van der Waals surface area contributed by atoms with Gasteiger partial charge in [-0.25, -0.2) is 0 Å². The van der Waals surface area contributed by atoms with Crippen LogP contribution in [0.2, 0.25) is 0 Å². The summed E-state index contributed by atoms with van der Waals surface area (Å²) in [7, 11) is 0. The van der Waals surface area contributed by atoms with E-state index in [1.54, 1.807) is 6.07 Å². The van der Waals surface area contributed by atoms with Crippen molar-refractivity contribution in [1.82, 2.24) is 0 Å². The molecule has 0 aliphatic carbocycles. The van der Waals surface area contributed by atoms with Crippen LogP contribution in [0.15, 0.2) is 42.5 Å². The number of nitrogens with two attached hydrogens (primary N) is 1. The highest BCUT2D eigenvalue weighted by Crippen LogP contribution is 2.23. The van der Waals surface area contributed by atoms with Gasteiger partial charge < -0.3 is 10.7 Å². The minimum Gasteiger partial charge on any atom is -0.384 e. The van der Waals surface area contributed by atoms with Crippen LogP contribution in [0.5, 0.6) is 0 Å². The number of hydrogen-bond donors (Lipinski definition) is 3. The number of hydrazine groups is 1. The third-order valence-electron chi connectivity index (χ3n) is 3.28. The topological polar surface area (TPSA) is 93.2 Å². The van der Waals surface area contributed by atoms with Crippen LogP contribution in [0, 0.1) is 17.0 Å². The predicted molar refractivity (Wildman–Crippen MR) is 84.3 cm³/mol. The fourth-order valence-electron chi connectivity index (χ4n) is 2.13. The fourth-order valence-corrected chi connectivity index (χ4v) is 2.13. The Morgan fingerprint density at radius 3 is 2.57 bits per heavy atom. The second-order valence-electron chi connectivity index (χ2n) is 4.77. The molecular weight excluding hydrogens is 268 g/mol. The molecule has 0 saturated heterocycles. The first-order chi connectivity index (χ1) is 10.1. The van der Waals surface area contributed by atoms with Crippen LogP contribution in [0.1, 0.15) is 11.1 Å². The third kappa shape index (κ3) is 3.93. The lowest BCUT2D eigenvalue weighted by molar-refractivity contribution is -0.384. The van der Waals surface area contributed by atoms with Crippen molar-refractivity contribution in [3.63, 3.8) is 0 Å². The number of rotatable bonds is 6. The molecule has 0 unspecified atom stereocenters. The lowest BCUT2D eigenvalue weighted by Gasteiger charge is -2.10. The first kappa shape index (κ1) is 14.8. The van der Waals surface area contributed by atoms with E-state index in [4.69, 9.17) is 5.84 Å². The highest BCUT2D eigenvalue weighted by Gasteiger charge is 2.09. The van der Waals surface area contributed by atoms with E-state index in [2.05, 4.69) is 29.8 Å². The van der Waals surface area contributed by atoms with Crippen molar-refractivity contribution in [1.29, 1.82) is 0 Å². The zero-order chi connectivity index (χ0) is 15.2. The molecule has 0 saturated carbocycles. The van der Waals surface area contributed by atoms with Crippen molar-refractivity contribution in [3.8, 4) is 0 Å². The molecule has 0 amide bonds. The monoisotopic (exact) mass is 286 g/mol. The molecule has 6 nitrogen and oxygen atoms in total. The quantitative estimate of drug-likeness (QED) is 0.431. The standard InChI is InChI=1S/C15H18N4O2/c1-11-4-2-3-5-12(11)6-7-17-13-8-14(18-16)10-15(9-13)19(20)21/h2-5,8-10,17-18H,6-7,16H2,1H3. The average Bonchev–Trinajstić information content (AvgIpc) is 2.49. The maximum Gasteiger partial charge on any atom is 0.273 e. The summed E-state index contributed by atoms with van der Waals surface area (Å²) in [5.74, 6) is 5.33. The van der Waals surface area contributed by atoms with Gasteiger partial charge in [-0.1, -0.05) is 24.3 Å². The maximum atomic E-state index is 10.9. The van der Waals surface area contributed by atoms with E-state index in [0.717, 1.165) is 6.42 Å². The van der Waals surface area contributed by atoms with Crippen LogP contribution in [-0.4, -0.2) is 11.5 Å². The molecule has 2 aromatic carbocycles. The molecule has 0 aliphatic rings. The molecule has 0 spiro atoms. The molecule has 21 heavy (non-hydrogen) atoms. The van der Waals surface area contributed by atoms with Gasteiger partial charge in [0.25, 0.3) is 5.69 Å². The van der Waals surface area contributed by atoms with E-state index in [1.807, 2.05) is 12.1 Å². The van der Waals surface area contributed by atoms with Gasteiger partial charge in [-0.05, 0) is 30.5 Å². The van der Waals surface area contributed by atoms with Crippen molar-refractivity contribution in [2.75, 3.05) is 17.3 Å². The van der Waals surface area contributed by atoms with E-state index >= 15 is 0 Å². The van der Waals surface area contributed by atoms with Gasteiger partial charge in [0.05, 0.1) is 10.6 Å². The molecule has 110 valence electrons. The Bertz CT molecular complexity index is 643. The number of nitro groups is 1. The smallest absolute Gasteiger partial charge is 0.273 e. The minimum atomic E-state index is -0.437. The molecule has 0 heterocycles. The van der Waals surface area contributed by atoms with Gasteiger partial charge in [0.2, 0.25) is 0 Å². The third-order valence-corrected chi connectivity index (χ3v) is 3.28. The summed E-state index contributed by atoms with van der Waals surface area (Å²) in [4.78, 5) is 10.4. The molecule has 2 aromatic rings. The van der Waals surface area contributed by atoms with Crippen molar-refractivity contribution in [2.45, 2.75) is 13.3 Å². The largest absolute Gasteiger partial charge is 0.384 e. The summed E-state index contributed by atoms with van der Waals surface area (Å²) >= 11 is 0. The molecule has 0 radical (unpaired) electrons. The van der Waals surface area contributed by atoms with Crippen molar-refractivity contribution < 1.29 is 4.92 Å². The Balaban J connectivity index is 2.04. The van der Waals surface area contributed by atoms with Crippen LogP contribution in [0.4, 0.5) is 17.1 Å². The van der Waals surface area contributed by atoms with Crippen molar-refractivity contribution in [3.05, 3.63) is 63.7 Å². The molecule has 4 N–H and O–H groups in total. The normalized spacial score (nSPS) is 10.2. The van der Waals surface area contributed by atoms with Gasteiger partial charge >= 0.3 is 0 Å². The van der Waals surface area contributed by atoms with Crippen LogP contribution >= 0.6 is 0 Å². The lowest BCUT2D eigenvalue weighted by Crippen LogP contribution is -2.09. The molecular formula is C15H18N4O2. The highest BCUT2D eigenvalue weighted by atomic mass is 16.6. The zero-order valence-corrected chi connectivity index (χ0v) is 11.8. The molecule has 0 atom stereocenters. The van der Waals surface area contributed by atoms with Crippen molar-refractivity contribution in [2.24, 2.45) is 5.84 Å². The number of nitrogen functional groups attached to an aromatic ring is 1. The molecule has 0 bridgehead atoms. The number of nitrogens with zero attached hydrogens (tertiary/aromatic N) is 1. The van der Waals surface area contributed by atoms with Crippen LogP contribution in [-0.2, 0) is 6.42 Å². The number of nitro benzene ring substituents is 1. The van der Waals surface area contributed by atoms with E-state index in [9.17, 15) is 10.1 Å². The molecule has 6 heteroatoms. The average molecular weight is 286 g/mol. The van der Waals surface area contributed by atoms with E-state index in [0.29, 0.717) is 17.9 Å². The van der Waals surface area contributed by atoms with Gasteiger partial charge in [0.1, 0.15) is 0 Å². The summed E-state index contributed by atoms with van der Waals surface area (Å²) in [5.41, 5.74) is 6.11. The first-order valence-corrected chi connectivity index (χ1v) is 6.64. The highest BCUT2D eigenvalue weighted by molar-refractivity contribution is 5.63. The van der Waals surface area contributed by atoms with E-state index < -0.39 is 4.92 Å². The summed E-state index contributed by atoms with van der Waals surface area (Å²) in [6.07, 6.45) is 0.848. The summed E-state index contributed by atoms with van der Waals surface area (Å²) < 4.78 is 0. The Kier molecular flexibility index (Phi) is 4.73. The van der Waals surface area contributed by atoms with Crippen LogP contribution in [0.3, 0.4) is 0 Å². The molecule has 0 fully saturated rings. The lowest BCUT2D eigenvalue weighted by atomic mass is 10.1. The SMILES string of the molecule is Cc1ccccc1CCNc1cc(NN)cc([N+](=O)[O-])c1. The number of anilines is 2. The van der Waals surface area contributed by atoms with Gasteiger partial charge in [-0.3, -0.25) is 16.0 Å². The fraction of sp³-hybridized carbons (Fsp3) is 0.200. The summed E-state index contributed by atoms with van der Waals surface area (Å²) in [6, 6.07) is 12.8. The van der Waals surface area contributed by atoms with Gasteiger partial charge in [0.15, 0.2) is 0 Å².